The molecule has 1 fully saturated rings. The van der Waals surface area contributed by atoms with Crippen LogP contribution in [-0.2, 0) is 4.79 Å². The molecule has 3 N–H and O–H groups in total. The number of benzene rings is 2. The van der Waals surface area contributed by atoms with E-state index in [1.165, 1.54) is 0 Å². The molecule has 6 nitrogen and oxygen atoms in total. The minimum atomic E-state index is -0.957. The lowest BCUT2D eigenvalue weighted by Gasteiger charge is -2.37. The van der Waals surface area contributed by atoms with Gasteiger partial charge in [0.25, 0.3) is 0 Å². The molecule has 0 bridgehead atoms. The van der Waals surface area contributed by atoms with Crippen molar-refractivity contribution in [3.05, 3.63) is 65.2 Å². The summed E-state index contributed by atoms with van der Waals surface area (Å²) in [7, 11) is 0. The van der Waals surface area contributed by atoms with Gasteiger partial charge in [-0.15, -0.1) is 0 Å². The van der Waals surface area contributed by atoms with Crippen molar-refractivity contribution in [2.24, 2.45) is 0 Å². The third-order valence-corrected chi connectivity index (χ3v) is 5.97. The average molecular weight is 425 g/mol. The second-order valence-corrected chi connectivity index (χ2v) is 8.36. The summed E-state index contributed by atoms with van der Waals surface area (Å²) in [6.45, 7) is 5.03. The number of hydrogen-bond donors (Lipinski definition) is 3. The van der Waals surface area contributed by atoms with E-state index >= 15 is 0 Å². The zero-order chi connectivity index (χ0) is 22.3. The first-order valence-corrected chi connectivity index (χ1v) is 11.0. The second-order valence-electron chi connectivity index (χ2n) is 8.36. The van der Waals surface area contributed by atoms with Crippen LogP contribution in [0.2, 0.25) is 0 Å². The summed E-state index contributed by atoms with van der Waals surface area (Å²) in [5, 5.41) is 15.7. The first-order chi connectivity index (χ1) is 14.9. The van der Waals surface area contributed by atoms with E-state index in [-0.39, 0.29) is 17.5 Å². The average Bonchev–Trinajstić information content (AvgIpc) is 2.77. The number of carbonyl (C=O) groups excluding carboxylic acids is 1. The van der Waals surface area contributed by atoms with Gasteiger partial charge in [-0.3, -0.25) is 10.1 Å². The predicted octanol–water partition coefficient (Wildman–Crippen LogP) is 4.24. The molecule has 0 heterocycles. The number of aryl methyl sites for hydroxylation is 1. The number of aromatic carboxylic acids is 1. The van der Waals surface area contributed by atoms with Gasteiger partial charge in [0.15, 0.2) is 0 Å². The Morgan fingerprint density at radius 2 is 1.81 bits per heavy atom. The molecular formula is C25H32N2O4. The van der Waals surface area contributed by atoms with E-state index < -0.39 is 11.5 Å². The number of carbonyl (C=O) groups is 2. The Morgan fingerprint density at radius 3 is 2.45 bits per heavy atom. The van der Waals surface area contributed by atoms with Crippen molar-refractivity contribution < 1.29 is 19.4 Å². The summed E-state index contributed by atoms with van der Waals surface area (Å²) in [5.74, 6) is -0.124. The quantitative estimate of drug-likeness (QED) is 0.524. The second kappa shape index (κ2) is 10.4. The number of ether oxygens (including phenoxy) is 1. The zero-order valence-electron chi connectivity index (χ0n) is 18.3. The van der Waals surface area contributed by atoms with E-state index in [1.807, 2.05) is 38.1 Å². The number of carboxylic acid groups (broad SMARTS) is 1. The molecule has 1 aliphatic rings. The smallest absolute Gasteiger partial charge is 0.335 e. The van der Waals surface area contributed by atoms with Crippen molar-refractivity contribution >= 4 is 11.9 Å². The van der Waals surface area contributed by atoms with E-state index in [9.17, 15) is 9.59 Å². The lowest BCUT2D eigenvalue weighted by Crippen LogP contribution is -2.59. The van der Waals surface area contributed by atoms with Gasteiger partial charge in [0, 0.05) is 6.54 Å². The maximum absolute atomic E-state index is 13.3. The highest BCUT2D eigenvalue weighted by molar-refractivity contribution is 5.88. The number of rotatable bonds is 9. The molecule has 6 heteroatoms. The Bertz CT molecular complexity index is 889. The number of nitrogens with one attached hydrogen (secondary N) is 2. The maximum atomic E-state index is 13.3. The fraction of sp³-hybridized carbons (Fsp3) is 0.440. The molecular weight excluding hydrogens is 392 g/mol. The molecule has 2 aromatic rings. The highest BCUT2D eigenvalue weighted by Crippen LogP contribution is 2.29. The van der Waals surface area contributed by atoms with Gasteiger partial charge < -0.3 is 15.2 Å². The Morgan fingerprint density at radius 1 is 1.10 bits per heavy atom. The van der Waals surface area contributed by atoms with Gasteiger partial charge in [0.2, 0.25) is 5.91 Å². The molecule has 0 radical (unpaired) electrons. The molecule has 0 aliphatic heterocycles. The summed E-state index contributed by atoms with van der Waals surface area (Å²) in [6, 6.07) is 14.4. The number of hydrogen-bond acceptors (Lipinski definition) is 4. The fourth-order valence-corrected chi connectivity index (χ4v) is 4.14. The molecule has 3 rings (SSSR count). The van der Waals surface area contributed by atoms with Gasteiger partial charge in [-0.1, -0.05) is 43.5 Å². The summed E-state index contributed by atoms with van der Waals surface area (Å²) in [6.07, 6.45) is 4.77. The van der Waals surface area contributed by atoms with E-state index in [0.717, 1.165) is 49.0 Å². The molecule has 1 amide bonds. The van der Waals surface area contributed by atoms with Gasteiger partial charge >= 0.3 is 5.97 Å². The third kappa shape index (κ3) is 6.07. The standard InChI is InChI=1S/C25H32N2O4/c1-18-7-6-8-22(17-18)31-16-15-26-25(13-4-3-5-14-25)24(30)27-19(2)20-9-11-21(12-10-20)23(28)29/h6-12,17,19,26H,3-5,13-16H2,1-2H3,(H,27,30)(H,28,29)/t19-/m0/s1. The fourth-order valence-electron chi connectivity index (χ4n) is 4.14. The van der Waals surface area contributed by atoms with Crippen molar-refractivity contribution in [3.8, 4) is 5.75 Å². The van der Waals surface area contributed by atoms with E-state index in [1.54, 1.807) is 24.3 Å². The summed E-state index contributed by atoms with van der Waals surface area (Å²) >= 11 is 0. The Balaban J connectivity index is 1.59. The van der Waals surface area contributed by atoms with Crippen molar-refractivity contribution in [2.75, 3.05) is 13.2 Å². The van der Waals surface area contributed by atoms with Crippen LogP contribution >= 0.6 is 0 Å². The lowest BCUT2D eigenvalue weighted by atomic mass is 9.80. The van der Waals surface area contributed by atoms with Crippen molar-refractivity contribution in [2.45, 2.75) is 57.5 Å². The zero-order valence-corrected chi connectivity index (χ0v) is 18.3. The van der Waals surface area contributed by atoms with Crippen LogP contribution < -0.4 is 15.4 Å². The molecule has 0 aromatic heterocycles. The minimum absolute atomic E-state index is 0.00225. The highest BCUT2D eigenvalue weighted by atomic mass is 16.5. The van der Waals surface area contributed by atoms with Gasteiger partial charge in [-0.05, 0) is 62.1 Å². The Hall–Kier alpha value is -2.86. The van der Waals surface area contributed by atoms with Crippen LogP contribution in [0.1, 0.15) is 66.6 Å². The largest absolute Gasteiger partial charge is 0.492 e. The number of amides is 1. The first kappa shape index (κ1) is 22.8. The molecule has 1 saturated carbocycles. The molecule has 31 heavy (non-hydrogen) atoms. The topological polar surface area (TPSA) is 87.7 Å². The molecule has 166 valence electrons. The molecule has 0 saturated heterocycles. The van der Waals surface area contributed by atoms with E-state index in [2.05, 4.69) is 10.6 Å². The molecule has 1 atom stereocenters. The van der Waals surface area contributed by atoms with Gasteiger partial charge in [0.05, 0.1) is 17.1 Å². The van der Waals surface area contributed by atoms with Crippen LogP contribution in [0, 0.1) is 6.92 Å². The molecule has 0 unspecified atom stereocenters. The molecule has 1 aliphatic carbocycles. The van der Waals surface area contributed by atoms with Crippen LogP contribution in [0.15, 0.2) is 48.5 Å². The Labute approximate surface area is 184 Å². The number of carboxylic acids is 1. The monoisotopic (exact) mass is 424 g/mol. The Kier molecular flexibility index (Phi) is 7.69. The highest BCUT2D eigenvalue weighted by Gasteiger charge is 2.39. The third-order valence-electron chi connectivity index (χ3n) is 5.97. The van der Waals surface area contributed by atoms with Crippen LogP contribution in [-0.4, -0.2) is 35.7 Å². The molecule has 0 spiro atoms. The molecule has 2 aromatic carbocycles. The van der Waals surface area contributed by atoms with Gasteiger partial charge in [-0.2, -0.15) is 0 Å². The van der Waals surface area contributed by atoms with Crippen molar-refractivity contribution in [1.82, 2.24) is 10.6 Å². The summed E-state index contributed by atoms with van der Waals surface area (Å²) in [4.78, 5) is 24.3. The van der Waals surface area contributed by atoms with Gasteiger partial charge in [0.1, 0.15) is 12.4 Å². The van der Waals surface area contributed by atoms with Crippen molar-refractivity contribution in [1.29, 1.82) is 0 Å². The van der Waals surface area contributed by atoms with Gasteiger partial charge in [-0.25, -0.2) is 4.79 Å². The lowest BCUT2D eigenvalue weighted by molar-refractivity contribution is -0.129. The van der Waals surface area contributed by atoms with E-state index in [0.29, 0.717) is 13.2 Å². The van der Waals surface area contributed by atoms with Crippen LogP contribution in [0.4, 0.5) is 0 Å². The maximum Gasteiger partial charge on any atom is 0.335 e. The van der Waals surface area contributed by atoms with Crippen LogP contribution in [0.5, 0.6) is 5.75 Å². The van der Waals surface area contributed by atoms with Crippen molar-refractivity contribution in [3.63, 3.8) is 0 Å². The normalized spacial score (nSPS) is 16.3. The van der Waals surface area contributed by atoms with Crippen LogP contribution in [0.25, 0.3) is 0 Å². The van der Waals surface area contributed by atoms with E-state index in [4.69, 9.17) is 9.84 Å². The summed E-state index contributed by atoms with van der Waals surface area (Å²) in [5.41, 5.74) is 1.68. The SMILES string of the molecule is Cc1cccc(OCCNC2(C(=O)N[C@@H](C)c3ccc(C(=O)O)cc3)CCCCC2)c1. The minimum Gasteiger partial charge on any atom is -0.492 e. The predicted molar refractivity (Wildman–Crippen MR) is 120 cm³/mol. The van der Waals surface area contributed by atoms with Crippen LogP contribution in [0.3, 0.4) is 0 Å². The first-order valence-electron chi connectivity index (χ1n) is 11.0. The summed E-state index contributed by atoms with van der Waals surface area (Å²) < 4.78 is 5.84.